The number of hydrogen-bond donors (Lipinski definition) is 1. The Morgan fingerprint density at radius 1 is 1.03 bits per heavy atom. The summed E-state index contributed by atoms with van der Waals surface area (Å²) in [5.74, 6) is -0.332. The smallest absolute Gasteiger partial charge is 0.254 e. The zero-order valence-corrected chi connectivity index (χ0v) is 20.0. The Hall–Kier alpha value is -3.24. The van der Waals surface area contributed by atoms with E-state index in [9.17, 15) is 14.0 Å². The van der Waals surface area contributed by atoms with Crippen LogP contribution >= 0.6 is 11.8 Å². The zero-order valence-electron chi connectivity index (χ0n) is 19.1. The van der Waals surface area contributed by atoms with Gasteiger partial charge in [-0.3, -0.25) is 14.2 Å². The van der Waals surface area contributed by atoms with Crippen molar-refractivity contribution in [3.8, 4) is 5.69 Å². The van der Waals surface area contributed by atoms with Gasteiger partial charge >= 0.3 is 0 Å². The van der Waals surface area contributed by atoms with Crippen LogP contribution in [0.15, 0.2) is 59.8 Å². The van der Waals surface area contributed by atoms with Gasteiger partial charge in [0.1, 0.15) is 5.82 Å². The minimum atomic E-state index is -0.588. The lowest BCUT2D eigenvalue weighted by Crippen LogP contribution is -2.47. The highest BCUT2D eigenvalue weighted by molar-refractivity contribution is 7.99. The predicted molar refractivity (Wildman–Crippen MR) is 128 cm³/mol. The van der Waals surface area contributed by atoms with E-state index in [0.29, 0.717) is 24.1 Å². The Kier molecular flexibility index (Phi) is 7.59. The average Bonchev–Trinajstić information content (AvgIpc) is 3.28. The number of likely N-dealkylation sites (N-methyl/N-ethyl adjacent to an activating group) is 1. The number of aromatic nitrogens is 3. The molecule has 0 bridgehead atoms. The second kappa shape index (κ2) is 10.8. The van der Waals surface area contributed by atoms with Crippen molar-refractivity contribution in [1.29, 1.82) is 0 Å². The first-order valence-corrected chi connectivity index (χ1v) is 12.1. The number of nitrogens with zero attached hydrogens (tertiary/aromatic N) is 5. The third kappa shape index (κ3) is 5.45. The van der Waals surface area contributed by atoms with E-state index >= 15 is 0 Å². The highest BCUT2D eigenvalue weighted by Crippen LogP contribution is 2.26. The Balaban J connectivity index is 1.53. The summed E-state index contributed by atoms with van der Waals surface area (Å²) in [6.07, 6.45) is 0. The highest BCUT2D eigenvalue weighted by Gasteiger charge is 2.24. The van der Waals surface area contributed by atoms with Gasteiger partial charge in [-0.1, -0.05) is 42.1 Å². The maximum Gasteiger partial charge on any atom is 0.254 e. The number of amides is 2. The molecule has 1 atom stereocenters. The quantitative estimate of drug-likeness (QED) is 0.522. The van der Waals surface area contributed by atoms with Crippen LogP contribution in [0.2, 0.25) is 0 Å². The Morgan fingerprint density at radius 3 is 2.41 bits per heavy atom. The largest absolute Gasteiger partial charge is 0.342 e. The summed E-state index contributed by atoms with van der Waals surface area (Å²) in [5.41, 5.74) is 0.775. The number of thioether (sulfide) groups is 1. The van der Waals surface area contributed by atoms with Crippen LogP contribution in [0.25, 0.3) is 5.69 Å². The van der Waals surface area contributed by atoms with E-state index in [1.807, 2.05) is 46.8 Å². The lowest BCUT2D eigenvalue weighted by molar-refractivity contribution is -0.129. The van der Waals surface area contributed by atoms with Crippen molar-refractivity contribution in [1.82, 2.24) is 29.9 Å². The average molecular weight is 483 g/mol. The molecule has 3 aromatic rings. The fourth-order valence-electron chi connectivity index (χ4n) is 3.73. The molecule has 2 amide bonds. The van der Waals surface area contributed by atoms with Gasteiger partial charge in [0.15, 0.2) is 11.0 Å². The molecule has 1 N–H and O–H groups in total. The van der Waals surface area contributed by atoms with Crippen LogP contribution in [-0.2, 0) is 4.79 Å². The Bertz CT molecular complexity index is 1150. The highest BCUT2D eigenvalue weighted by atomic mass is 32.2. The second-order valence-corrected chi connectivity index (χ2v) is 9.10. The number of hydrogen-bond acceptors (Lipinski definition) is 6. The van der Waals surface area contributed by atoms with Crippen molar-refractivity contribution in [3.05, 3.63) is 71.8 Å². The number of carbonyl (C=O) groups excluding carboxylic acids is 2. The maximum atomic E-state index is 14.1. The molecule has 1 aliphatic heterocycles. The molecule has 1 aromatic heterocycles. The molecule has 1 fully saturated rings. The van der Waals surface area contributed by atoms with E-state index in [1.54, 1.807) is 13.0 Å². The molecule has 178 valence electrons. The minimum Gasteiger partial charge on any atom is -0.342 e. The number of para-hydroxylation sites is 1. The molecular weight excluding hydrogens is 455 g/mol. The van der Waals surface area contributed by atoms with E-state index < -0.39 is 17.8 Å². The van der Waals surface area contributed by atoms with Gasteiger partial charge in [0.25, 0.3) is 5.91 Å². The summed E-state index contributed by atoms with van der Waals surface area (Å²) < 4.78 is 15.9. The van der Waals surface area contributed by atoms with Gasteiger partial charge in [-0.25, -0.2) is 4.39 Å². The number of rotatable bonds is 7. The first-order valence-electron chi connectivity index (χ1n) is 11.1. The first kappa shape index (κ1) is 23.9. The van der Waals surface area contributed by atoms with Crippen LogP contribution in [0.5, 0.6) is 0 Å². The van der Waals surface area contributed by atoms with Crippen LogP contribution in [0, 0.1) is 5.82 Å². The van der Waals surface area contributed by atoms with E-state index in [2.05, 4.69) is 20.4 Å². The lowest BCUT2D eigenvalue weighted by atomic mass is 10.2. The predicted octanol–water partition coefficient (Wildman–Crippen LogP) is 2.76. The van der Waals surface area contributed by atoms with E-state index in [-0.39, 0.29) is 17.2 Å². The molecule has 4 rings (SSSR count). The van der Waals surface area contributed by atoms with Crippen molar-refractivity contribution >= 4 is 23.6 Å². The molecule has 0 radical (unpaired) electrons. The van der Waals surface area contributed by atoms with E-state index in [4.69, 9.17) is 0 Å². The molecule has 0 spiro atoms. The number of halogens is 1. The molecule has 10 heteroatoms. The third-order valence-corrected chi connectivity index (χ3v) is 6.62. The van der Waals surface area contributed by atoms with E-state index in [0.717, 1.165) is 18.8 Å². The second-order valence-electron chi connectivity index (χ2n) is 8.16. The number of piperazine rings is 1. The molecule has 1 aliphatic rings. The van der Waals surface area contributed by atoms with Crippen LogP contribution in [-0.4, -0.2) is 75.4 Å². The molecule has 2 heterocycles. The Morgan fingerprint density at radius 2 is 1.71 bits per heavy atom. The fraction of sp³-hybridized carbons (Fsp3) is 0.333. The maximum absolute atomic E-state index is 14.1. The normalized spacial score (nSPS) is 15.2. The number of nitrogens with one attached hydrogen (secondary N) is 1. The molecule has 1 saturated heterocycles. The van der Waals surface area contributed by atoms with Crippen LogP contribution < -0.4 is 5.32 Å². The van der Waals surface area contributed by atoms with Gasteiger partial charge in [0, 0.05) is 31.9 Å². The third-order valence-electron chi connectivity index (χ3n) is 5.71. The molecule has 0 saturated carbocycles. The van der Waals surface area contributed by atoms with Gasteiger partial charge in [-0.05, 0) is 38.2 Å². The van der Waals surface area contributed by atoms with E-state index in [1.165, 1.54) is 30.0 Å². The summed E-state index contributed by atoms with van der Waals surface area (Å²) in [7, 11) is 2.05. The van der Waals surface area contributed by atoms with Crippen molar-refractivity contribution in [3.63, 3.8) is 0 Å². The van der Waals surface area contributed by atoms with Crippen molar-refractivity contribution in [2.75, 3.05) is 39.0 Å². The van der Waals surface area contributed by atoms with Gasteiger partial charge in [0.05, 0.1) is 17.4 Å². The van der Waals surface area contributed by atoms with Crippen LogP contribution in [0.3, 0.4) is 0 Å². The Labute approximate surface area is 202 Å². The molecule has 8 nitrogen and oxygen atoms in total. The summed E-state index contributed by atoms with van der Waals surface area (Å²) in [6, 6.07) is 14.8. The molecular formula is C24H27FN6O2S. The lowest BCUT2D eigenvalue weighted by Gasteiger charge is -2.32. The molecule has 0 unspecified atom stereocenters. The molecule has 34 heavy (non-hydrogen) atoms. The van der Waals surface area contributed by atoms with Crippen LogP contribution in [0.1, 0.15) is 29.1 Å². The minimum absolute atomic E-state index is 0.0347. The van der Waals surface area contributed by atoms with Gasteiger partial charge < -0.3 is 15.1 Å². The summed E-state index contributed by atoms with van der Waals surface area (Å²) in [4.78, 5) is 29.5. The van der Waals surface area contributed by atoms with Crippen molar-refractivity contribution < 1.29 is 14.0 Å². The first-order chi connectivity index (χ1) is 16.4. The van der Waals surface area contributed by atoms with Gasteiger partial charge in [0.2, 0.25) is 5.91 Å². The summed E-state index contributed by atoms with van der Waals surface area (Å²) >= 11 is 1.31. The summed E-state index contributed by atoms with van der Waals surface area (Å²) in [6.45, 7) is 4.92. The van der Waals surface area contributed by atoms with Crippen LogP contribution in [0.4, 0.5) is 4.39 Å². The summed E-state index contributed by atoms with van der Waals surface area (Å²) in [5, 5.41) is 12.0. The number of carbonyl (C=O) groups is 2. The topological polar surface area (TPSA) is 83.4 Å². The van der Waals surface area contributed by atoms with Gasteiger partial charge in [-0.15, -0.1) is 10.2 Å². The SMILES string of the molecule is C[C@H](NC(=O)c1ccccc1F)c1nnc(SCC(=O)N2CCN(C)CC2)n1-c1ccccc1. The standard InChI is InChI=1S/C24H27FN6O2S/c1-17(26-23(33)19-10-6-7-11-20(19)25)22-27-28-24(31(22)18-8-4-3-5-9-18)34-16-21(32)30-14-12-29(2)13-15-30/h3-11,17H,12-16H2,1-2H3,(H,26,33)/t17-/m0/s1. The number of benzene rings is 2. The van der Waals surface area contributed by atoms with Crippen molar-refractivity contribution in [2.45, 2.75) is 18.1 Å². The van der Waals surface area contributed by atoms with Gasteiger partial charge in [-0.2, -0.15) is 0 Å². The molecule has 2 aromatic carbocycles. The van der Waals surface area contributed by atoms with Crippen molar-refractivity contribution in [2.24, 2.45) is 0 Å². The fourth-order valence-corrected chi connectivity index (χ4v) is 4.59. The zero-order chi connectivity index (χ0) is 24.1. The molecule has 0 aliphatic carbocycles. The monoisotopic (exact) mass is 482 g/mol.